The third-order valence-electron chi connectivity index (χ3n) is 5.09. The summed E-state index contributed by atoms with van der Waals surface area (Å²) in [5.41, 5.74) is 4.29. The van der Waals surface area contributed by atoms with Crippen LogP contribution < -0.4 is 18.8 Å². The molecule has 0 unspecified atom stereocenters. The van der Waals surface area contributed by atoms with Crippen LogP contribution in [0.3, 0.4) is 0 Å². The van der Waals surface area contributed by atoms with Gasteiger partial charge in [0, 0.05) is 17.9 Å². The maximum Gasteiger partial charge on any atom is 0.213 e. The molecule has 0 saturated carbocycles. The summed E-state index contributed by atoms with van der Waals surface area (Å²) >= 11 is 0. The number of aryl methyl sites for hydroxylation is 3. The van der Waals surface area contributed by atoms with E-state index >= 15 is 0 Å². The van der Waals surface area contributed by atoms with Crippen molar-refractivity contribution in [2.75, 3.05) is 21.3 Å². The number of benzene rings is 2. The van der Waals surface area contributed by atoms with Gasteiger partial charge in [0.05, 0.1) is 32.3 Å². The number of ether oxygens (including phenoxy) is 3. The predicted octanol–water partition coefficient (Wildman–Crippen LogP) is 3.39. The Kier molecular flexibility index (Phi) is 3.87. The molecule has 2 aromatic carbocycles. The molecule has 0 bridgehead atoms. The molecule has 1 aliphatic heterocycles. The monoisotopic (exact) mass is 352 g/mol. The van der Waals surface area contributed by atoms with Crippen LogP contribution in [0.15, 0.2) is 30.5 Å². The Morgan fingerprint density at radius 1 is 0.962 bits per heavy atom. The first-order valence-electron chi connectivity index (χ1n) is 8.56. The average Bonchev–Trinajstić information content (AvgIpc) is 2.64. The minimum absolute atomic E-state index is 0.176. The molecule has 26 heavy (non-hydrogen) atoms. The summed E-state index contributed by atoms with van der Waals surface area (Å²) in [7, 11) is 4.89. The number of nitrogens with zero attached hydrogens (tertiary/aromatic N) is 1. The van der Waals surface area contributed by atoms with Crippen LogP contribution in [-0.2, 0) is 13.0 Å². The largest absolute Gasteiger partial charge is 0.504 e. The standard InChI is InChI=1S/C21H21NO4/c1-12-7-14-11-22-6-5-13-8-18(23)19(24-2)10-15(13)17(22)9-16(14)21(26-4)20(12)25-3/h7-11H,5-6H2,1-4H3/p+1. The van der Waals surface area contributed by atoms with Crippen molar-refractivity contribution in [2.24, 2.45) is 0 Å². The molecular weight excluding hydrogens is 330 g/mol. The van der Waals surface area contributed by atoms with Crippen LogP contribution in [0.2, 0.25) is 0 Å². The Morgan fingerprint density at radius 3 is 2.42 bits per heavy atom. The second-order valence-corrected chi connectivity index (χ2v) is 6.55. The third-order valence-corrected chi connectivity index (χ3v) is 5.09. The van der Waals surface area contributed by atoms with Gasteiger partial charge >= 0.3 is 0 Å². The number of aromatic nitrogens is 1. The molecule has 3 aromatic rings. The zero-order valence-electron chi connectivity index (χ0n) is 15.4. The van der Waals surface area contributed by atoms with Gasteiger partial charge in [0.1, 0.15) is 0 Å². The summed E-state index contributed by atoms with van der Waals surface area (Å²) in [5, 5.41) is 12.2. The number of fused-ring (bicyclic) bond motifs is 4. The van der Waals surface area contributed by atoms with E-state index in [9.17, 15) is 5.11 Å². The number of pyridine rings is 1. The maximum absolute atomic E-state index is 10.1. The lowest BCUT2D eigenvalue weighted by atomic mass is 9.94. The van der Waals surface area contributed by atoms with Crippen LogP contribution in [0, 0.1) is 6.92 Å². The van der Waals surface area contributed by atoms with Gasteiger partial charge in [-0.15, -0.1) is 0 Å². The van der Waals surface area contributed by atoms with Crippen molar-refractivity contribution in [2.45, 2.75) is 19.9 Å². The average molecular weight is 352 g/mol. The van der Waals surface area contributed by atoms with Gasteiger partial charge in [-0.05, 0) is 36.2 Å². The van der Waals surface area contributed by atoms with Crippen LogP contribution in [0.5, 0.6) is 23.0 Å². The molecule has 5 nitrogen and oxygen atoms in total. The van der Waals surface area contributed by atoms with Crippen molar-refractivity contribution < 1.29 is 23.9 Å². The first-order valence-corrected chi connectivity index (χ1v) is 8.56. The molecule has 2 heterocycles. The smallest absolute Gasteiger partial charge is 0.213 e. The van der Waals surface area contributed by atoms with Gasteiger partial charge in [-0.3, -0.25) is 0 Å². The third kappa shape index (κ3) is 2.35. The molecule has 0 aliphatic carbocycles. The van der Waals surface area contributed by atoms with Gasteiger partial charge in [0.25, 0.3) is 0 Å². The van der Waals surface area contributed by atoms with Crippen molar-refractivity contribution in [3.63, 3.8) is 0 Å². The van der Waals surface area contributed by atoms with Crippen molar-refractivity contribution >= 4 is 10.8 Å². The fourth-order valence-corrected chi connectivity index (χ4v) is 3.86. The molecule has 5 heteroatoms. The van der Waals surface area contributed by atoms with E-state index in [1.54, 1.807) is 27.4 Å². The molecular formula is C21H22NO4+. The van der Waals surface area contributed by atoms with Gasteiger partial charge in [-0.25, -0.2) is 0 Å². The lowest BCUT2D eigenvalue weighted by Crippen LogP contribution is -2.40. The van der Waals surface area contributed by atoms with Crippen molar-refractivity contribution in [3.8, 4) is 34.3 Å². The number of aromatic hydroxyl groups is 1. The lowest BCUT2D eigenvalue weighted by molar-refractivity contribution is -0.686. The highest BCUT2D eigenvalue weighted by atomic mass is 16.5. The minimum Gasteiger partial charge on any atom is -0.504 e. The normalized spacial score (nSPS) is 12.5. The Bertz CT molecular complexity index is 1030. The fraction of sp³-hybridized carbons (Fsp3) is 0.286. The number of hydrogen-bond donors (Lipinski definition) is 1. The lowest BCUT2D eigenvalue weighted by Gasteiger charge is -2.19. The fourth-order valence-electron chi connectivity index (χ4n) is 3.86. The Labute approximate surface area is 152 Å². The van der Waals surface area contributed by atoms with Crippen LogP contribution in [0.1, 0.15) is 11.1 Å². The van der Waals surface area contributed by atoms with Gasteiger partial charge < -0.3 is 19.3 Å². The number of hydrogen-bond acceptors (Lipinski definition) is 4. The van der Waals surface area contributed by atoms with E-state index in [1.807, 2.05) is 13.0 Å². The van der Waals surface area contributed by atoms with Crippen LogP contribution in [0.25, 0.3) is 22.0 Å². The highest BCUT2D eigenvalue weighted by Crippen LogP contribution is 2.41. The summed E-state index contributed by atoms with van der Waals surface area (Å²) in [6, 6.07) is 7.95. The van der Waals surface area contributed by atoms with Crippen LogP contribution >= 0.6 is 0 Å². The molecule has 0 spiro atoms. The van der Waals surface area contributed by atoms with Gasteiger partial charge in [0.2, 0.25) is 5.69 Å². The predicted molar refractivity (Wildman–Crippen MR) is 99.3 cm³/mol. The summed E-state index contributed by atoms with van der Waals surface area (Å²) < 4.78 is 18.8. The molecule has 0 fully saturated rings. The van der Waals surface area contributed by atoms with E-state index < -0.39 is 0 Å². The highest BCUT2D eigenvalue weighted by molar-refractivity contribution is 5.93. The summed E-state index contributed by atoms with van der Waals surface area (Å²) in [4.78, 5) is 0. The Morgan fingerprint density at radius 2 is 1.73 bits per heavy atom. The minimum atomic E-state index is 0.176. The van der Waals surface area contributed by atoms with E-state index in [1.165, 1.54) is 0 Å². The topological polar surface area (TPSA) is 51.8 Å². The molecule has 134 valence electrons. The first-order chi connectivity index (χ1) is 12.6. The molecule has 1 N–H and O–H groups in total. The maximum atomic E-state index is 10.1. The molecule has 1 aromatic heterocycles. The zero-order valence-corrected chi connectivity index (χ0v) is 15.4. The van der Waals surface area contributed by atoms with Crippen LogP contribution in [0.4, 0.5) is 0 Å². The first kappa shape index (κ1) is 16.5. The van der Waals surface area contributed by atoms with E-state index in [2.05, 4.69) is 22.9 Å². The SMILES string of the molecule is COc1cc2c(cc1O)CC[n+]1cc3cc(C)c(OC)c(OC)c3cc1-2. The molecule has 0 atom stereocenters. The summed E-state index contributed by atoms with van der Waals surface area (Å²) in [6.07, 6.45) is 3.02. The molecule has 1 aliphatic rings. The van der Waals surface area contributed by atoms with Crippen LogP contribution in [-0.4, -0.2) is 26.4 Å². The number of phenols is 1. The molecule has 4 rings (SSSR count). The molecule has 0 amide bonds. The van der Waals surface area contributed by atoms with Crippen molar-refractivity contribution in [3.05, 3.63) is 41.6 Å². The second-order valence-electron chi connectivity index (χ2n) is 6.55. The van der Waals surface area contributed by atoms with Crippen molar-refractivity contribution in [1.82, 2.24) is 0 Å². The van der Waals surface area contributed by atoms with E-state index in [0.717, 1.165) is 57.6 Å². The van der Waals surface area contributed by atoms with E-state index in [-0.39, 0.29) is 5.75 Å². The quantitative estimate of drug-likeness (QED) is 0.734. The molecule has 0 radical (unpaired) electrons. The summed E-state index contributed by atoms with van der Waals surface area (Å²) in [6.45, 7) is 2.88. The highest BCUT2D eigenvalue weighted by Gasteiger charge is 2.27. The number of rotatable bonds is 3. The van der Waals surface area contributed by atoms with E-state index in [4.69, 9.17) is 14.2 Å². The Hall–Kier alpha value is -2.95. The second kappa shape index (κ2) is 6.09. The van der Waals surface area contributed by atoms with Gasteiger partial charge in [-0.1, -0.05) is 0 Å². The Balaban J connectivity index is 2.03. The van der Waals surface area contributed by atoms with Crippen molar-refractivity contribution in [1.29, 1.82) is 0 Å². The number of phenolic OH excluding ortho intramolecular Hbond substituents is 1. The molecule has 0 saturated heterocycles. The van der Waals surface area contributed by atoms with Gasteiger partial charge in [0.15, 0.2) is 35.7 Å². The zero-order chi connectivity index (χ0) is 18.4. The number of methoxy groups -OCH3 is 3. The summed E-state index contributed by atoms with van der Waals surface area (Å²) in [5.74, 6) is 2.15. The van der Waals surface area contributed by atoms with Gasteiger partial charge in [-0.2, -0.15) is 4.57 Å². The van der Waals surface area contributed by atoms with E-state index in [0.29, 0.717) is 5.75 Å².